The van der Waals surface area contributed by atoms with Gasteiger partial charge in [-0.1, -0.05) is 30.3 Å². The van der Waals surface area contributed by atoms with Gasteiger partial charge in [0.05, 0.1) is 0 Å². The molecule has 0 spiro atoms. The quantitative estimate of drug-likeness (QED) is 0.921. The summed E-state index contributed by atoms with van der Waals surface area (Å²) in [6.45, 7) is 9.42. The molecule has 3 nitrogen and oxygen atoms in total. The van der Waals surface area contributed by atoms with E-state index < -0.39 is 0 Å². The number of aryl methyl sites for hydroxylation is 1. The van der Waals surface area contributed by atoms with E-state index in [4.69, 9.17) is 11.6 Å². The number of carbonyl (C=O) groups is 1. The van der Waals surface area contributed by atoms with E-state index in [2.05, 4.69) is 23.7 Å². The van der Waals surface area contributed by atoms with Crippen LogP contribution in [-0.2, 0) is 11.3 Å². The van der Waals surface area contributed by atoms with Crippen molar-refractivity contribution in [3.63, 3.8) is 0 Å². The van der Waals surface area contributed by atoms with Crippen molar-refractivity contribution in [2.45, 2.75) is 45.7 Å². The summed E-state index contributed by atoms with van der Waals surface area (Å²) in [6, 6.07) is 5.80. The van der Waals surface area contributed by atoms with Crippen LogP contribution < -0.4 is 5.32 Å². The van der Waals surface area contributed by atoms with Crippen molar-refractivity contribution < 1.29 is 4.79 Å². The number of carbonyl (C=O) groups excluding carboxylic acids is 1. The van der Waals surface area contributed by atoms with Crippen molar-refractivity contribution in [2.24, 2.45) is 0 Å². The summed E-state index contributed by atoms with van der Waals surface area (Å²) in [5, 5.41) is 3.71. The molecule has 1 aromatic rings. The average molecular weight is 307 g/mol. The zero-order valence-electron chi connectivity index (χ0n) is 12.8. The molecule has 0 saturated carbocycles. The Hall–Kier alpha value is -1.48. The van der Waals surface area contributed by atoms with Crippen LogP contribution >= 0.6 is 11.6 Å². The third kappa shape index (κ3) is 3.79. The molecule has 1 fully saturated rings. The first kappa shape index (κ1) is 15.9. The molecule has 1 atom stereocenters. The van der Waals surface area contributed by atoms with Gasteiger partial charge in [-0.15, -0.1) is 0 Å². The fraction of sp³-hybridized carbons (Fsp3) is 0.471. The molecule has 114 valence electrons. The zero-order valence-corrected chi connectivity index (χ0v) is 13.5. The highest BCUT2D eigenvalue weighted by molar-refractivity contribution is 6.31. The Labute approximate surface area is 132 Å². The number of likely N-dealkylation sites (tertiary alicyclic amines) is 1. The molecule has 1 heterocycles. The predicted octanol–water partition coefficient (Wildman–Crippen LogP) is 3.65. The highest BCUT2D eigenvalue weighted by Gasteiger charge is 2.28. The molecule has 0 radical (unpaired) electrons. The van der Waals surface area contributed by atoms with Crippen molar-refractivity contribution in [3.05, 3.63) is 46.6 Å². The van der Waals surface area contributed by atoms with E-state index in [0.717, 1.165) is 42.6 Å². The molecule has 0 aliphatic carbocycles. The summed E-state index contributed by atoms with van der Waals surface area (Å²) in [5.41, 5.74) is 3.14. The Morgan fingerprint density at radius 1 is 1.52 bits per heavy atom. The summed E-state index contributed by atoms with van der Waals surface area (Å²) in [4.78, 5) is 14.5. The van der Waals surface area contributed by atoms with Gasteiger partial charge >= 0.3 is 0 Å². The molecule has 1 saturated heterocycles. The minimum atomic E-state index is -0.0968. The molecule has 1 aromatic carbocycles. The van der Waals surface area contributed by atoms with Gasteiger partial charge in [0.1, 0.15) is 6.04 Å². The molecule has 21 heavy (non-hydrogen) atoms. The molecule has 4 heteroatoms. The molecule has 2 rings (SSSR count). The number of hydrogen-bond acceptors (Lipinski definition) is 2. The van der Waals surface area contributed by atoms with Crippen molar-refractivity contribution in [3.8, 4) is 0 Å². The first-order chi connectivity index (χ1) is 10.0. The van der Waals surface area contributed by atoms with E-state index in [1.807, 2.05) is 25.1 Å². The third-order valence-corrected chi connectivity index (χ3v) is 4.38. The van der Waals surface area contributed by atoms with Crippen molar-refractivity contribution in [1.82, 2.24) is 10.2 Å². The van der Waals surface area contributed by atoms with E-state index in [1.165, 1.54) is 0 Å². The fourth-order valence-electron chi connectivity index (χ4n) is 2.83. The molecular weight excluding hydrogens is 284 g/mol. The third-order valence-electron chi connectivity index (χ3n) is 4.03. The van der Waals surface area contributed by atoms with Crippen LogP contribution in [0.25, 0.3) is 0 Å². The minimum Gasteiger partial charge on any atom is -0.364 e. The number of nitrogens with zero attached hydrogens (tertiary/aromatic N) is 1. The Morgan fingerprint density at radius 3 is 2.95 bits per heavy atom. The van der Waals surface area contributed by atoms with Crippen LogP contribution in [0.1, 0.15) is 37.3 Å². The van der Waals surface area contributed by atoms with Crippen LogP contribution in [0.5, 0.6) is 0 Å². The number of likely N-dealkylation sites (N-methyl/N-ethyl adjacent to an activating group) is 1. The molecule has 1 N–H and O–H groups in total. The van der Waals surface area contributed by atoms with Crippen LogP contribution in [0.3, 0.4) is 0 Å². The number of piperidine rings is 1. The van der Waals surface area contributed by atoms with Crippen molar-refractivity contribution in [2.75, 3.05) is 6.54 Å². The lowest BCUT2D eigenvalue weighted by Gasteiger charge is -2.37. The van der Waals surface area contributed by atoms with Crippen molar-refractivity contribution >= 4 is 17.5 Å². The Morgan fingerprint density at radius 2 is 2.29 bits per heavy atom. The lowest BCUT2D eigenvalue weighted by atomic mass is 9.99. The number of amides is 1. The predicted molar refractivity (Wildman–Crippen MR) is 87.2 cm³/mol. The van der Waals surface area contributed by atoms with Crippen LogP contribution in [0.15, 0.2) is 30.5 Å². The fourth-order valence-corrected chi connectivity index (χ4v) is 3.13. The second-order valence-electron chi connectivity index (χ2n) is 5.57. The van der Waals surface area contributed by atoms with E-state index >= 15 is 0 Å². The Bertz CT molecular complexity index is 542. The molecule has 1 unspecified atom stereocenters. The van der Waals surface area contributed by atoms with Gasteiger partial charge in [-0.25, -0.2) is 0 Å². The van der Waals surface area contributed by atoms with Gasteiger partial charge in [-0.05, 0) is 50.3 Å². The van der Waals surface area contributed by atoms with Gasteiger partial charge in [-0.3, -0.25) is 4.79 Å². The number of benzene rings is 1. The lowest BCUT2D eigenvalue weighted by Crippen LogP contribution is -2.48. The topological polar surface area (TPSA) is 32.3 Å². The number of halogens is 1. The summed E-state index contributed by atoms with van der Waals surface area (Å²) in [7, 11) is 0. The molecule has 1 aliphatic heterocycles. The number of nitrogens with one attached hydrogen (secondary N) is 1. The normalized spacial score (nSPS) is 18.7. The Balaban J connectivity index is 1.99. The molecular formula is C17H23ClN2O. The number of hydrogen-bond donors (Lipinski definition) is 1. The largest absolute Gasteiger partial charge is 0.364 e. The standard InChI is InChI=1S/C17H23ClN2O/c1-4-20-13(3)6-5-7-16(20)17(21)19-11-14-9-8-12(2)10-15(14)18/h8-10,16H,3-7,11H2,1-2H3,(H,19,21). The van der Waals surface area contributed by atoms with Gasteiger partial charge in [0, 0.05) is 23.8 Å². The molecule has 1 aliphatic rings. The van der Waals surface area contributed by atoms with E-state index in [9.17, 15) is 4.79 Å². The summed E-state index contributed by atoms with van der Waals surface area (Å²) in [5.74, 6) is 0.0642. The second kappa shape index (κ2) is 6.99. The van der Waals surface area contributed by atoms with Crippen LogP contribution in [0.4, 0.5) is 0 Å². The van der Waals surface area contributed by atoms with Crippen molar-refractivity contribution in [1.29, 1.82) is 0 Å². The van der Waals surface area contributed by atoms with Crippen LogP contribution in [0, 0.1) is 6.92 Å². The smallest absolute Gasteiger partial charge is 0.242 e. The monoisotopic (exact) mass is 306 g/mol. The molecule has 0 bridgehead atoms. The van der Waals surface area contributed by atoms with E-state index in [-0.39, 0.29) is 11.9 Å². The first-order valence-corrected chi connectivity index (χ1v) is 7.88. The maximum absolute atomic E-state index is 12.4. The van der Waals surface area contributed by atoms with Gasteiger partial charge in [0.25, 0.3) is 0 Å². The maximum Gasteiger partial charge on any atom is 0.242 e. The average Bonchev–Trinajstić information content (AvgIpc) is 2.45. The van der Waals surface area contributed by atoms with Gasteiger partial charge in [-0.2, -0.15) is 0 Å². The number of allylic oxidation sites excluding steroid dienone is 1. The minimum absolute atomic E-state index is 0.0642. The molecule has 1 amide bonds. The maximum atomic E-state index is 12.4. The van der Waals surface area contributed by atoms with Gasteiger partial charge in [0.15, 0.2) is 0 Å². The van der Waals surface area contributed by atoms with E-state index in [1.54, 1.807) is 0 Å². The summed E-state index contributed by atoms with van der Waals surface area (Å²) in [6.07, 6.45) is 2.90. The zero-order chi connectivity index (χ0) is 15.4. The highest BCUT2D eigenvalue weighted by atomic mass is 35.5. The SMILES string of the molecule is C=C1CCCC(C(=O)NCc2ccc(C)cc2Cl)N1CC. The first-order valence-electron chi connectivity index (χ1n) is 7.50. The van der Waals surface area contributed by atoms with Gasteiger partial charge in [0.2, 0.25) is 5.91 Å². The van der Waals surface area contributed by atoms with Gasteiger partial charge < -0.3 is 10.2 Å². The van der Waals surface area contributed by atoms with Crippen LogP contribution in [-0.4, -0.2) is 23.4 Å². The highest BCUT2D eigenvalue weighted by Crippen LogP contribution is 2.24. The Kier molecular flexibility index (Phi) is 5.29. The van der Waals surface area contributed by atoms with Crippen LogP contribution in [0.2, 0.25) is 5.02 Å². The summed E-state index contributed by atoms with van der Waals surface area (Å²) < 4.78 is 0. The molecule has 0 aromatic heterocycles. The summed E-state index contributed by atoms with van der Waals surface area (Å²) >= 11 is 6.20. The lowest BCUT2D eigenvalue weighted by molar-refractivity contribution is -0.126. The second-order valence-corrected chi connectivity index (χ2v) is 5.98. The number of rotatable bonds is 4. The van der Waals surface area contributed by atoms with E-state index in [0.29, 0.717) is 11.6 Å².